The molecule has 1 fully saturated rings. The third kappa shape index (κ3) is 3.62. The van der Waals surface area contributed by atoms with Crippen LogP contribution in [0.1, 0.15) is 49.4 Å². The van der Waals surface area contributed by atoms with E-state index < -0.39 is 0 Å². The van der Waals surface area contributed by atoms with Crippen molar-refractivity contribution in [2.45, 2.75) is 52.6 Å². The first-order valence-electron chi connectivity index (χ1n) is 7.99. The van der Waals surface area contributed by atoms with Gasteiger partial charge in [-0.05, 0) is 63.3 Å². The number of aryl methyl sites for hydroxylation is 2. The van der Waals surface area contributed by atoms with Gasteiger partial charge in [0.1, 0.15) is 0 Å². The zero-order valence-electron chi connectivity index (χ0n) is 13.7. The molecule has 0 amide bonds. The number of hydrogen-bond donors (Lipinski definition) is 1. The monoisotopic (exact) mass is 274 g/mol. The Hall–Kier alpha value is -0.860. The molecule has 0 radical (unpaired) electrons. The zero-order chi connectivity index (χ0) is 14.7. The van der Waals surface area contributed by atoms with Crippen LogP contribution >= 0.6 is 0 Å². The largest absolute Gasteiger partial charge is 0.312 e. The topological polar surface area (TPSA) is 15.3 Å². The van der Waals surface area contributed by atoms with Gasteiger partial charge in [0.25, 0.3) is 0 Å². The molecule has 0 spiro atoms. The SMILES string of the molecule is CNC(CN1CC(C)CCC1C)c1ccc(C)c(C)c1. The number of piperidine rings is 1. The Balaban J connectivity index is 2.09. The van der Waals surface area contributed by atoms with Gasteiger partial charge >= 0.3 is 0 Å². The van der Waals surface area contributed by atoms with E-state index in [2.05, 4.69) is 63.2 Å². The lowest BCUT2D eigenvalue weighted by Crippen LogP contribution is -2.45. The number of likely N-dealkylation sites (N-methyl/N-ethyl adjacent to an activating group) is 1. The third-order valence-electron chi connectivity index (χ3n) is 4.95. The van der Waals surface area contributed by atoms with Crippen LogP contribution in [0.5, 0.6) is 0 Å². The van der Waals surface area contributed by atoms with Gasteiger partial charge in [0.2, 0.25) is 0 Å². The summed E-state index contributed by atoms with van der Waals surface area (Å²) in [5.74, 6) is 0.837. The van der Waals surface area contributed by atoms with Gasteiger partial charge in [0.15, 0.2) is 0 Å². The maximum Gasteiger partial charge on any atom is 0.0447 e. The predicted molar refractivity (Wildman–Crippen MR) is 87.1 cm³/mol. The van der Waals surface area contributed by atoms with Crippen molar-refractivity contribution in [1.29, 1.82) is 0 Å². The third-order valence-corrected chi connectivity index (χ3v) is 4.95. The minimum absolute atomic E-state index is 0.432. The maximum absolute atomic E-state index is 3.51. The van der Waals surface area contributed by atoms with Gasteiger partial charge in [-0.25, -0.2) is 0 Å². The molecule has 0 aromatic heterocycles. The van der Waals surface area contributed by atoms with Crippen molar-refractivity contribution >= 4 is 0 Å². The fraction of sp³-hybridized carbons (Fsp3) is 0.667. The van der Waals surface area contributed by atoms with Gasteiger partial charge in [-0.15, -0.1) is 0 Å². The van der Waals surface area contributed by atoms with Crippen LogP contribution in [0.2, 0.25) is 0 Å². The molecule has 1 aromatic rings. The fourth-order valence-electron chi connectivity index (χ4n) is 3.21. The number of rotatable bonds is 4. The second-order valence-electron chi connectivity index (χ2n) is 6.67. The van der Waals surface area contributed by atoms with Crippen molar-refractivity contribution in [1.82, 2.24) is 10.2 Å². The van der Waals surface area contributed by atoms with Crippen LogP contribution < -0.4 is 5.32 Å². The molecule has 2 heteroatoms. The summed E-state index contributed by atoms with van der Waals surface area (Å²) in [5, 5.41) is 3.51. The van der Waals surface area contributed by atoms with Crippen molar-refractivity contribution in [2.24, 2.45) is 5.92 Å². The Morgan fingerprint density at radius 2 is 1.95 bits per heavy atom. The highest BCUT2D eigenvalue weighted by Gasteiger charge is 2.25. The highest BCUT2D eigenvalue weighted by Crippen LogP contribution is 2.25. The number of nitrogens with one attached hydrogen (secondary N) is 1. The minimum Gasteiger partial charge on any atom is -0.312 e. The molecule has 0 bridgehead atoms. The van der Waals surface area contributed by atoms with Gasteiger partial charge < -0.3 is 5.32 Å². The lowest BCUT2D eigenvalue weighted by Gasteiger charge is -2.39. The molecule has 0 saturated carbocycles. The molecule has 20 heavy (non-hydrogen) atoms. The fourth-order valence-corrected chi connectivity index (χ4v) is 3.21. The van der Waals surface area contributed by atoms with E-state index >= 15 is 0 Å². The molecule has 2 rings (SSSR count). The summed E-state index contributed by atoms with van der Waals surface area (Å²) in [6, 6.07) is 8.02. The predicted octanol–water partition coefficient (Wildman–Crippen LogP) is 3.68. The van der Waals surface area contributed by atoms with Crippen molar-refractivity contribution < 1.29 is 0 Å². The van der Waals surface area contributed by atoms with E-state index in [1.165, 1.54) is 36.1 Å². The van der Waals surface area contributed by atoms with E-state index in [4.69, 9.17) is 0 Å². The van der Waals surface area contributed by atoms with Gasteiger partial charge in [-0.2, -0.15) is 0 Å². The lowest BCUT2D eigenvalue weighted by molar-refractivity contribution is 0.113. The number of likely N-dealkylation sites (tertiary alicyclic amines) is 1. The first-order valence-corrected chi connectivity index (χ1v) is 7.99. The molecular formula is C18H30N2. The molecule has 1 heterocycles. The summed E-state index contributed by atoms with van der Waals surface area (Å²) < 4.78 is 0. The molecular weight excluding hydrogens is 244 g/mol. The molecule has 3 unspecified atom stereocenters. The van der Waals surface area contributed by atoms with Gasteiger partial charge in [-0.1, -0.05) is 25.1 Å². The van der Waals surface area contributed by atoms with Crippen LogP contribution in [0.3, 0.4) is 0 Å². The summed E-state index contributed by atoms with van der Waals surface area (Å²) >= 11 is 0. The van der Waals surface area contributed by atoms with E-state index in [9.17, 15) is 0 Å². The van der Waals surface area contributed by atoms with Crippen molar-refractivity contribution in [3.05, 3.63) is 34.9 Å². The van der Waals surface area contributed by atoms with Crippen molar-refractivity contribution in [3.63, 3.8) is 0 Å². The van der Waals surface area contributed by atoms with E-state index in [-0.39, 0.29) is 0 Å². The van der Waals surface area contributed by atoms with Crippen LogP contribution in [0.25, 0.3) is 0 Å². The number of benzene rings is 1. The summed E-state index contributed by atoms with van der Waals surface area (Å²) in [5.41, 5.74) is 4.19. The lowest BCUT2D eigenvalue weighted by atomic mass is 9.93. The first-order chi connectivity index (χ1) is 9.51. The van der Waals surface area contributed by atoms with Crippen molar-refractivity contribution in [2.75, 3.05) is 20.1 Å². The van der Waals surface area contributed by atoms with Crippen molar-refractivity contribution in [3.8, 4) is 0 Å². The molecule has 3 atom stereocenters. The number of nitrogens with zero attached hydrogens (tertiary/aromatic N) is 1. The van der Waals surface area contributed by atoms with Gasteiger partial charge in [0.05, 0.1) is 0 Å². The molecule has 1 aliphatic rings. The minimum atomic E-state index is 0.432. The molecule has 1 saturated heterocycles. The Morgan fingerprint density at radius 3 is 2.60 bits per heavy atom. The van der Waals surface area contributed by atoms with Crippen LogP contribution in [0.15, 0.2) is 18.2 Å². The average Bonchev–Trinajstić information content (AvgIpc) is 2.43. The van der Waals surface area contributed by atoms with E-state index in [0.717, 1.165) is 12.5 Å². The Morgan fingerprint density at radius 1 is 1.20 bits per heavy atom. The Bertz CT molecular complexity index is 441. The highest BCUT2D eigenvalue weighted by atomic mass is 15.2. The average molecular weight is 274 g/mol. The maximum atomic E-state index is 3.51. The summed E-state index contributed by atoms with van der Waals surface area (Å²) in [6.07, 6.45) is 2.72. The summed E-state index contributed by atoms with van der Waals surface area (Å²) in [4.78, 5) is 2.66. The molecule has 112 valence electrons. The van der Waals surface area contributed by atoms with Gasteiger partial charge in [0, 0.05) is 25.2 Å². The zero-order valence-corrected chi connectivity index (χ0v) is 13.7. The highest BCUT2D eigenvalue weighted by molar-refractivity contribution is 5.31. The molecule has 1 aromatic carbocycles. The van der Waals surface area contributed by atoms with Crippen LogP contribution in [0, 0.1) is 19.8 Å². The van der Waals surface area contributed by atoms with E-state index in [1.807, 2.05) is 0 Å². The summed E-state index contributed by atoms with van der Waals surface area (Å²) in [6.45, 7) is 11.5. The smallest absolute Gasteiger partial charge is 0.0447 e. The Labute approximate surface area is 124 Å². The Kier molecular flexibility index (Phi) is 5.22. The number of hydrogen-bond acceptors (Lipinski definition) is 2. The normalized spacial score (nSPS) is 25.6. The molecule has 1 aliphatic heterocycles. The van der Waals surface area contributed by atoms with Crippen LogP contribution in [-0.2, 0) is 0 Å². The molecule has 0 aliphatic carbocycles. The first kappa shape index (κ1) is 15.5. The summed E-state index contributed by atoms with van der Waals surface area (Å²) in [7, 11) is 2.08. The molecule has 1 N–H and O–H groups in total. The quantitative estimate of drug-likeness (QED) is 0.901. The standard InChI is InChI=1S/C18H30N2/c1-13-6-8-16(4)20(11-13)12-18(19-5)17-9-7-14(2)15(3)10-17/h7,9-10,13,16,18-19H,6,8,11-12H2,1-5H3. The van der Waals surface area contributed by atoms with E-state index in [0.29, 0.717) is 12.1 Å². The van der Waals surface area contributed by atoms with Crippen LogP contribution in [-0.4, -0.2) is 31.1 Å². The van der Waals surface area contributed by atoms with E-state index in [1.54, 1.807) is 0 Å². The van der Waals surface area contributed by atoms with Gasteiger partial charge in [-0.3, -0.25) is 4.90 Å². The molecule has 2 nitrogen and oxygen atoms in total. The second kappa shape index (κ2) is 6.73. The second-order valence-corrected chi connectivity index (χ2v) is 6.67. The van der Waals surface area contributed by atoms with Crippen LogP contribution in [0.4, 0.5) is 0 Å².